The van der Waals surface area contributed by atoms with Gasteiger partial charge in [0.1, 0.15) is 4.88 Å². The van der Waals surface area contributed by atoms with E-state index in [-0.39, 0.29) is 0 Å². The van der Waals surface area contributed by atoms with Crippen LogP contribution in [-0.2, 0) is 12.6 Å². The van der Waals surface area contributed by atoms with Gasteiger partial charge in [-0.1, -0.05) is 24.3 Å². The summed E-state index contributed by atoms with van der Waals surface area (Å²) in [5.41, 5.74) is 2.13. The second kappa shape index (κ2) is 4.83. The van der Waals surface area contributed by atoms with Gasteiger partial charge in [0.2, 0.25) is 0 Å². The fourth-order valence-corrected chi connectivity index (χ4v) is 2.33. The molecule has 0 aliphatic heterocycles. The molecule has 0 spiro atoms. The maximum absolute atomic E-state index is 12.5. The standard InChI is InChI=1S/C13H8F3NS/c14-13(15,16)12-7-11(8-18-12)10-3-1-9(2-4-10)5-6-17/h1-4,7-8H,5H2. The molecule has 18 heavy (non-hydrogen) atoms. The van der Waals surface area contributed by atoms with Crippen LogP contribution in [0.25, 0.3) is 11.1 Å². The number of rotatable bonds is 2. The number of hydrogen-bond acceptors (Lipinski definition) is 2. The minimum atomic E-state index is -4.29. The Morgan fingerprint density at radius 1 is 1.11 bits per heavy atom. The lowest BCUT2D eigenvalue weighted by atomic mass is 10.1. The highest BCUT2D eigenvalue weighted by atomic mass is 32.1. The summed E-state index contributed by atoms with van der Waals surface area (Å²) in [4.78, 5) is -0.599. The van der Waals surface area contributed by atoms with Gasteiger partial charge in [-0.15, -0.1) is 11.3 Å². The Balaban J connectivity index is 2.27. The first-order valence-electron chi connectivity index (χ1n) is 5.12. The van der Waals surface area contributed by atoms with Crippen molar-refractivity contribution in [1.82, 2.24) is 0 Å². The van der Waals surface area contributed by atoms with Gasteiger partial charge in [-0.3, -0.25) is 0 Å². The molecule has 0 aliphatic carbocycles. The minimum absolute atomic E-state index is 0.303. The number of nitrogens with zero attached hydrogens (tertiary/aromatic N) is 1. The van der Waals surface area contributed by atoms with Crippen LogP contribution in [0, 0.1) is 11.3 Å². The maximum atomic E-state index is 12.5. The average molecular weight is 267 g/mol. The van der Waals surface area contributed by atoms with Gasteiger partial charge in [0.15, 0.2) is 0 Å². The average Bonchev–Trinajstić information content (AvgIpc) is 2.79. The summed E-state index contributed by atoms with van der Waals surface area (Å²) in [5, 5.41) is 10.0. The van der Waals surface area contributed by atoms with Gasteiger partial charge in [0.25, 0.3) is 0 Å². The molecule has 0 bridgehead atoms. The van der Waals surface area contributed by atoms with Gasteiger partial charge >= 0.3 is 6.18 Å². The molecule has 92 valence electrons. The van der Waals surface area contributed by atoms with Crippen LogP contribution in [0.5, 0.6) is 0 Å². The van der Waals surface area contributed by atoms with E-state index in [1.165, 1.54) is 5.38 Å². The van der Waals surface area contributed by atoms with E-state index in [9.17, 15) is 13.2 Å². The van der Waals surface area contributed by atoms with Crippen molar-refractivity contribution in [3.05, 3.63) is 46.2 Å². The predicted molar refractivity (Wildman–Crippen MR) is 64.1 cm³/mol. The van der Waals surface area contributed by atoms with Crippen LogP contribution in [0.1, 0.15) is 10.4 Å². The van der Waals surface area contributed by atoms with Crippen molar-refractivity contribution in [3.8, 4) is 17.2 Å². The van der Waals surface area contributed by atoms with E-state index in [0.717, 1.165) is 17.2 Å². The third kappa shape index (κ3) is 2.71. The Hall–Kier alpha value is -1.80. The second-order valence-electron chi connectivity index (χ2n) is 3.73. The normalized spacial score (nSPS) is 11.2. The molecule has 2 rings (SSSR count). The van der Waals surface area contributed by atoms with Gasteiger partial charge in [0, 0.05) is 0 Å². The van der Waals surface area contributed by atoms with Crippen LogP contribution in [0.2, 0.25) is 0 Å². The van der Waals surface area contributed by atoms with Crippen LogP contribution in [0.4, 0.5) is 13.2 Å². The summed E-state index contributed by atoms with van der Waals surface area (Å²) in [6.07, 6.45) is -3.98. The largest absolute Gasteiger partial charge is 0.425 e. The molecule has 1 heterocycles. The van der Waals surface area contributed by atoms with Crippen LogP contribution in [-0.4, -0.2) is 0 Å². The summed E-state index contributed by atoms with van der Waals surface area (Å²) in [6.45, 7) is 0. The molecule has 1 aromatic carbocycles. The van der Waals surface area contributed by atoms with Crippen molar-refractivity contribution < 1.29 is 13.2 Å². The summed E-state index contributed by atoms with van der Waals surface area (Å²) in [7, 11) is 0. The van der Waals surface area contributed by atoms with E-state index in [1.54, 1.807) is 24.3 Å². The highest BCUT2D eigenvalue weighted by molar-refractivity contribution is 7.10. The van der Waals surface area contributed by atoms with Crippen LogP contribution in [0.15, 0.2) is 35.7 Å². The van der Waals surface area contributed by atoms with Gasteiger partial charge < -0.3 is 0 Å². The molecule has 0 amide bonds. The molecular formula is C13H8F3NS. The smallest absolute Gasteiger partial charge is 0.198 e. The third-order valence-corrected chi connectivity index (χ3v) is 3.42. The summed E-state index contributed by atoms with van der Waals surface area (Å²) in [6, 6.07) is 10.1. The number of hydrogen-bond donors (Lipinski definition) is 0. The lowest BCUT2D eigenvalue weighted by molar-refractivity contribution is -0.134. The molecule has 0 aliphatic rings. The van der Waals surface area contributed by atoms with Gasteiger partial charge in [-0.2, -0.15) is 18.4 Å². The molecule has 0 N–H and O–H groups in total. The SMILES string of the molecule is N#CCc1ccc(-c2csc(C(F)(F)F)c2)cc1. The third-order valence-electron chi connectivity index (χ3n) is 2.45. The number of benzene rings is 1. The van der Waals surface area contributed by atoms with Crippen molar-refractivity contribution in [3.63, 3.8) is 0 Å². The molecule has 0 fully saturated rings. The highest BCUT2D eigenvalue weighted by Crippen LogP contribution is 2.37. The van der Waals surface area contributed by atoms with Crippen molar-refractivity contribution in [1.29, 1.82) is 5.26 Å². The molecule has 2 aromatic rings. The van der Waals surface area contributed by atoms with E-state index >= 15 is 0 Å². The molecule has 0 radical (unpaired) electrons. The Labute approximate surface area is 106 Å². The Kier molecular flexibility index (Phi) is 3.39. The first-order valence-corrected chi connectivity index (χ1v) is 6.00. The summed E-state index contributed by atoms with van der Waals surface area (Å²) >= 11 is 0.688. The zero-order valence-corrected chi connectivity index (χ0v) is 9.98. The molecule has 0 saturated heterocycles. The molecule has 0 atom stereocenters. The quantitative estimate of drug-likeness (QED) is 0.785. The maximum Gasteiger partial charge on any atom is 0.425 e. The number of halogens is 3. The van der Waals surface area contributed by atoms with Crippen molar-refractivity contribution in [2.45, 2.75) is 12.6 Å². The highest BCUT2D eigenvalue weighted by Gasteiger charge is 2.32. The molecule has 1 aromatic heterocycles. The fraction of sp³-hybridized carbons (Fsp3) is 0.154. The second-order valence-corrected chi connectivity index (χ2v) is 4.64. The number of nitriles is 1. The molecular weight excluding hydrogens is 259 g/mol. The molecule has 1 nitrogen and oxygen atoms in total. The van der Waals surface area contributed by atoms with E-state index < -0.39 is 11.1 Å². The van der Waals surface area contributed by atoms with E-state index in [2.05, 4.69) is 0 Å². The van der Waals surface area contributed by atoms with Crippen molar-refractivity contribution in [2.75, 3.05) is 0 Å². The predicted octanol–water partition coefficient (Wildman–Crippen LogP) is 4.50. The minimum Gasteiger partial charge on any atom is -0.198 e. The van der Waals surface area contributed by atoms with Crippen LogP contribution in [0.3, 0.4) is 0 Å². The number of alkyl halides is 3. The fourth-order valence-electron chi connectivity index (χ4n) is 1.54. The first kappa shape index (κ1) is 12.7. The van der Waals surface area contributed by atoms with Crippen LogP contribution >= 0.6 is 11.3 Å². The van der Waals surface area contributed by atoms with E-state index in [0.29, 0.717) is 23.3 Å². The first-order chi connectivity index (χ1) is 8.50. The van der Waals surface area contributed by atoms with Gasteiger partial charge in [-0.25, -0.2) is 0 Å². The zero-order chi connectivity index (χ0) is 13.2. The molecule has 5 heteroatoms. The van der Waals surface area contributed by atoms with Crippen LogP contribution < -0.4 is 0 Å². The van der Waals surface area contributed by atoms with Gasteiger partial charge in [0.05, 0.1) is 12.5 Å². The summed E-state index contributed by atoms with van der Waals surface area (Å²) < 4.78 is 37.4. The Morgan fingerprint density at radius 2 is 1.78 bits per heavy atom. The molecule has 0 unspecified atom stereocenters. The lowest BCUT2D eigenvalue weighted by Crippen LogP contribution is -2.00. The Bertz CT molecular complexity index is 576. The topological polar surface area (TPSA) is 23.8 Å². The van der Waals surface area contributed by atoms with E-state index in [4.69, 9.17) is 5.26 Å². The van der Waals surface area contributed by atoms with Gasteiger partial charge in [-0.05, 0) is 28.1 Å². The summed E-state index contributed by atoms with van der Waals surface area (Å²) in [5.74, 6) is 0. The lowest BCUT2D eigenvalue weighted by Gasteiger charge is -2.01. The van der Waals surface area contributed by atoms with Crippen molar-refractivity contribution >= 4 is 11.3 Å². The zero-order valence-electron chi connectivity index (χ0n) is 9.16. The molecule has 0 saturated carbocycles. The number of thiophene rings is 1. The Morgan fingerprint density at radius 3 is 2.28 bits per heavy atom. The monoisotopic (exact) mass is 267 g/mol. The van der Waals surface area contributed by atoms with Crippen molar-refractivity contribution in [2.24, 2.45) is 0 Å². The van der Waals surface area contributed by atoms with E-state index in [1.807, 2.05) is 6.07 Å².